The Hall–Kier alpha value is -1.22. The van der Waals surface area contributed by atoms with E-state index in [-0.39, 0.29) is 11.6 Å². The zero-order valence-electron chi connectivity index (χ0n) is 9.88. The summed E-state index contributed by atoms with van der Waals surface area (Å²) in [5.41, 5.74) is -0.546. The molecule has 0 saturated carbocycles. The molecule has 0 heterocycles. The van der Waals surface area contributed by atoms with Gasteiger partial charge in [-0.2, -0.15) is 0 Å². The third-order valence-corrected chi connectivity index (χ3v) is 3.01. The number of carbonyl (C=O) groups excluding carboxylic acids is 1. The van der Waals surface area contributed by atoms with Crippen LogP contribution in [0.2, 0.25) is 0 Å². The van der Waals surface area contributed by atoms with Crippen molar-refractivity contribution in [2.75, 3.05) is 0 Å². The second-order valence-electron chi connectivity index (χ2n) is 4.03. The van der Waals surface area contributed by atoms with Crippen LogP contribution in [0.4, 0.5) is 4.39 Å². The van der Waals surface area contributed by atoms with Crippen LogP contribution in [-0.2, 0) is 0 Å². The standard InChI is InChI=1S/C13H17FO2/c1-4-13(16,5-2)12(15)10-6-7-11(14)9(3)8-10/h6-8,16H,4-5H2,1-3H3. The summed E-state index contributed by atoms with van der Waals surface area (Å²) in [5.74, 6) is -0.673. The minimum Gasteiger partial charge on any atom is -0.382 e. The number of carbonyl (C=O) groups is 1. The van der Waals surface area contributed by atoms with E-state index >= 15 is 0 Å². The molecular formula is C13H17FO2. The molecule has 88 valence electrons. The van der Waals surface area contributed by atoms with Gasteiger partial charge in [0.15, 0.2) is 5.78 Å². The van der Waals surface area contributed by atoms with E-state index in [0.29, 0.717) is 24.0 Å². The monoisotopic (exact) mass is 224 g/mol. The number of aliphatic hydroxyl groups is 1. The summed E-state index contributed by atoms with van der Waals surface area (Å²) in [4.78, 5) is 12.0. The molecule has 1 N–H and O–H groups in total. The van der Waals surface area contributed by atoms with Gasteiger partial charge in [0, 0.05) is 5.56 Å². The van der Waals surface area contributed by atoms with Gasteiger partial charge in [-0.3, -0.25) is 4.79 Å². The highest BCUT2D eigenvalue weighted by Crippen LogP contribution is 2.22. The SMILES string of the molecule is CCC(O)(CC)C(=O)c1ccc(F)c(C)c1. The topological polar surface area (TPSA) is 37.3 Å². The van der Waals surface area contributed by atoms with Gasteiger partial charge in [-0.25, -0.2) is 4.39 Å². The summed E-state index contributed by atoms with van der Waals surface area (Å²) < 4.78 is 13.0. The number of rotatable bonds is 4. The first-order valence-corrected chi connectivity index (χ1v) is 5.48. The molecule has 0 radical (unpaired) electrons. The summed E-state index contributed by atoms with van der Waals surface area (Å²) in [6.45, 7) is 5.12. The highest BCUT2D eigenvalue weighted by Gasteiger charge is 2.32. The lowest BCUT2D eigenvalue weighted by Crippen LogP contribution is -2.37. The maximum absolute atomic E-state index is 13.0. The Morgan fingerprint density at radius 3 is 2.38 bits per heavy atom. The Kier molecular flexibility index (Phi) is 3.81. The van der Waals surface area contributed by atoms with Gasteiger partial charge in [-0.05, 0) is 43.5 Å². The number of hydrogen-bond donors (Lipinski definition) is 1. The van der Waals surface area contributed by atoms with Gasteiger partial charge in [-0.1, -0.05) is 13.8 Å². The van der Waals surface area contributed by atoms with Crippen LogP contribution >= 0.6 is 0 Å². The van der Waals surface area contributed by atoms with Crippen LogP contribution in [0.25, 0.3) is 0 Å². The first-order chi connectivity index (χ1) is 7.44. The Morgan fingerprint density at radius 1 is 1.38 bits per heavy atom. The molecule has 2 nitrogen and oxygen atoms in total. The van der Waals surface area contributed by atoms with E-state index in [4.69, 9.17) is 0 Å². The van der Waals surface area contributed by atoms with Gasteiger partial charge in [-0.15, -0.1) is 0 Å². The Balaban J connectivity index is 3.09. The lowest BCUT2D eigenvalue weighted by molar-refractivity contribution is 0.0277. The quantitative estimate of drug-likeness (QED) is 0.798. The summed E-state index contributed by atoms with van der Waals surface area (Å²) in [6, 6.07) is 4.16. The second kappa shape index (κ2) is 4.74. The fourth-order valence-electron chi connectivity index (χ4n) is 1.63. The Bertz CT molecular complexity index is 395. The Morgan fingerprint density at radius 2 is 1.94 bits per heavy atom. The van der Waals surface area contributed by atoms with Crippen molar-refractivity contribution < 1.29 is 14.3 Å². The van der Waals surface area contributed by atoms with E-state index in [1.165, 1.54) is 18.2 Å². The van der Waals surface area contributed by atoms with Crippen molar-refractivity contribution in [1.82, 2.24) is 0 Å². The number of benzene rings is 1. The first-order valence-electron chi connectivity index (χ1n) is 5.48. The zero-order valence-corrected chi connectivity index (χ0v) is 9.88. The van der Waals surface area contributed by atoms with E-state index in [1.54, 1.807) is 20.8 Å². The van der Waals surface area contributed by atoms with Crippen molar-refractivity contribution in [2.45, 2.75) is 39.2 Å². The molecule has 0 fully saturated rings. The van der Waals surface area contributed by atoms with E-state index in [0.717, 1.165) is 0 Å². The molecule has 1 aromatic carbocycles. The van der Waals surface area contributed by atoms with Crippen molar-refractivity contribution in [3.05, 3.63) is 35.1 Å². The van der Waals surface area contributed by atoms with E-state index in [9.17, 15) is 14.3 Å². The molecule has 0 amide bonds. The van der Waals surface area contributed by atoms with Crippen molar-refractivity contribution in [3.63, 3.8) is 0 Å². The summed E-state index contributed by atoms with van der Waals surface area (Å²) in [5, 5.41) is 10.1. The fraction of sp³-hybridized carbons (Fsp3) is 0.462. The zero-order chi connectivity index (χ0) is 12.3. The van der Waals surface area contributed by atoms with Crippen LogP contribution in [-0.4, -0.2) is 16.5 Å². The molecule has 0 aromatic heterocycles. The minimum atomic E-state index is -1.33. The van der Waals surface area contributed by atoms with Crippen LogP contribution in [0.3, 0.4) is 0 Å². The molecule has 0 aliphatic heterocycles. The van der Waals surface area contributed by atoms with Gasteiger partial charge < -0.3 is 5.11 Å². The van der Waals surface area contributed by atoms with Crippen LogP contribution < -0.4 is 0 Å². The second-order valence-corrected chi connectivity index (χ2v) is 4.03. The highest BCUT2D eigenvalue weighted by molar-refractivity contribution is 6.02. The van der Waals surface area contributed by atoms with Crippen LogP contribution in [0.15, 0.2) is 18.2 Å². The maximum Gasteiger partial charge on any atom is 0.194 e. The van der Waals surface area contributed by atoms with E-state index in [1.807, 2.05) is 0 Å². The smallest absolute Gasteiger partial charge is 0.194 e. The summed E-state index contributed by atoms with van der Waals surface area (Å²) in [7, 11) is 0. The van der Waals surface area contributed by atoms with Gasteiger partial charge in [0.1, 0.15) is 11.4 Å². The number of hydrogen-bond acceptors (Lipinski definition) is 2. The normalized spacial score (nSPS) is 11.6. The average molecular weight is 224 g/mol. The maximum atomic E-state index is 13.0. The molecule has 0 aliphatic carbocycles. The number of halogens is 1. The van der Waals surface area contributed by atoms with Crippen molar-refractivity contribution in [1.29, 1.82) is 0 Å². The largest absolute Gasteiger partial charge is 0.382 e. The molecule has 1 rings (SSSR count). The van der Waals surface area contributed by atoms with E-state index in [2.05, 4.69) is 0 Å². The third kappa shape index (κ3) is 2.30. The first kappa shape index (κ1) is 12.8. The number of aryl methyl sites for hydroxylation is 1. The fourth-order valence-corrected chi connectivity index (χ4v) is 1.63. The molecule has 0 bridgehead atoms. The molecule has 1 aromatic rings. The average Bonchev–Trinajstić information content (AvgIpc) is 2.30. The van der Waals surface area contributed by atoms with Crippen LogP contribution in [0.5, 0.6) is 0 Å². The molecular weight excluding hydrogens is 207 g/mol. The summed E-state index contributed by atoms with van der Waals surface area (Å²) >= 11 is 0. The molecule has 16 heavy (non-hydrogen) atoms. The third-order valence-electron chi connectivity index (χ3n) is 3.01. The highest BCUT2D eigenvalue weighted by atomic mass is 19.1. The van der Waals surface area contributed by atoms with Crippen molar-refractivity contribution in [3.8, 4) is 0 Å². The van der Waals surface area contributed by atoms with Crippen molar-refractivity contribution in [2.24, 2.45) is 0 Å². The van der Waals surface area contributed by atoms with Gasteiger partial charge >= 0.3 is 0 Å². The van der Waals surface area contributed by atoms with Crippen LogP contribution in [0, 0.1) is 12.7 Å². The lowest BCUT2D eigenvalue weighted by Gasteiger charge is -2.23. The van der Waals surface area contributed by atoms with Crippen LogP contribution in [0.1, 0.15) is 42.6 Å². The van der Waals surface area contributed by atoms with Gasteiger partial charge in [0.25, 0.3) is 0 Å². The minimum absolute atomic E-state index is 0.333. The predicted molar refractivity (Wildman–Crippen MR) is 61.0 cm³/mol. The van der Waals surface area contributed by atoms with E-state index < -0.39 is 5.60 Å². The molecule has 0 unspecified atom stereocenters. The molecule has 0 spiro atoms. The van der Waals surface area contributed by atoms with Crippen molar-refractivity contribution >= 4 is 5.78 Å². The molecule has 3 heteroatoms. The molecule has 0 atom stereocenters. The van der Waals surface area contributed by atoms with Gasteiger partial charge in [0.05, 0.1) is 0 Å². The van der Waals surface area contributed by atoms with Gasteiger partial charge in [0.2, 0.25) is 0 Å². The lowest BCUT2D eigenvalue weighted by atomic mass is 9.87. The summed E-state index contributed by atoms with van der Waals surface area (Å²) in [6.07, 6.45) is 0.720. The predicted octanol–water partition coefficient (Wildman–Crippen LogP) is 2.87. The molecule has 0 saturated heterocycles. The number of ketones is 1. The molecule has 0 aliphatic rings. The number of Topliss-reactive ketones (excluding diaryl/α,β-unsaturated/α-hetero) is 1. The Labute approximate surface area is 95.1 Å².